The van der Waals surface area contributed by atoms with Crippen LogP contribution >= 0.6 is 0 Å². The molecular formula is C11H22N2O. The Balaban J connectivity index is 2.55. The molecule has 1 rings (SSSR count). The molecule has 1 heterocycles. The lowest BCUT2D eigenvalue weighted by atomic mass is 9.92. The van der Waals surface area contributed by atoms with E-state index in [2.05, 4.69) is 13.8 Å². The van der Waals surface area contributed by atoms with Gasteiger partial charge in [-0.2, -0.15) is 0 Å². The van der Waals surface area contributed by atoms with E-state index in [1.165, 1.54) is 0 Å². The smallest absolute Gasteiger partial charge is 0.226 e. The predicted molar refractivity (Wildman–Crippen MR) is 57.8 cm³/mol. The Morgan fingerprint density at radius 1 is 1.57 bits per heavy atom. The first-order valence-electron chi connectivity index (χ1n) is 5.56. The lowest BCUT2D eigenvalue weighted by molar-refractivity contribution is -0.138. The summed E-state index contributed by atoms with van der Waals surface area (Å²) in [6.45, 7) is 7.66. The van der Waals surface area contributed by atoms with E-state index in [-0.39, 0.29) is 11.8 Å². The molecule has 3 nitrogen and oxygen atoms in total. The topological polar surface area (TPSA) is 46.3 Å². The van der Waals surface area contributed by atoms with Crippen LogP contribution < -0.4 is 5.73 Å². The predicted octanol–water partition coefficient (Wildman–Crippen LogP) is 1.23. The molecule has 0 spiro atoms. The molecule has 3 heteroatoms. The number of amides is 1. The van der Waals surface area contributed by atoms with E-state index in [1.54, 1.807) is 0 Å². The Bertz CT molecular complexity index is 205. The molecule has 0 aromatic carbocycles. The van der Waals surface area contributed by atoms with Crippen LogP contribution in [0.5, 0.6) is 0 Å². The molecule has 2 N–H and O–H groups in total. The summed E-state index contributed by atoms with van der Waals surface area (Å²) in [5.41, 5.74) is 5.50. The summed E-state index contributed by atoms with van der Waals surface area (Å²) < 4.78 is 0. The maximum Gasteiger partial charge on any atom is 0.226 e. The highest BCUT2D eigenvalue weighted by Gasteiger charge is 2.28. The number of carbonyl (C=O) groups excluding carboxylic acids is 1. The van der Waals surface area contributed by atoms with Crippen molar-refractivity contribution in [1.82, 2.24) is 4.90 Å². The van der Waals surface area contributed by atoms with E-state index >= 15 is 0 Å². The van der Waals surface area contributed by atoms with Crippen molar-refractivity contribution < 1.29 is 4.79 Å². The minimum atomic E-state index is -0.0224. The molecule has 0 bridgehead atoms. The van der Waals surface area contributed by atoms with E-state index in [4.69, 9.17) is 5.73 Å². The molecule has 1 aliphatic rings. The zero-order valence-electron chi connectivity index (χ0n) is 9.49. The van der Waals surface area contributed by atoms with Crippen molar-refractivity contribution in [3.63, 3.8) is 0 Å². The maximum atomic E-state index is 11.9. The van der Waals surface area contributed by atoms with E-state index < -0.39 is 0 Å². The summed E-state index contributed by atoms with van der Waals surface area (Å²) in [6, 6.07) is 0.389. The lowest BCUT2D eigenvalue weighted by Crippen LogP contribution is -2.47. The van der Waals surface area contributed by atoms with E-state index in [9.17, 15) is 4.79 Å². The van der Waals surface area contributed by atoms with Gasteiger partial charge < -0.3 is 10.6 Å². The number of rotatable bonds is 2. The van der Waals surface area contributed by atoms with Gasteiger partial charge in [-0.05, 0) is 25.7 Å². The molecule has 82 valence electrons. The summed E-state index contributed by atoms with van der Waals surface area (Å²) in [5.74, 6) is 0.958. The third kappa shape index (κ3) is 2.47. The molecule has 0 aromatic rings. The van der Waals surface area contributed by atoms with Gasteiger partial charge in [-0.3, -0.25) is 4.79 Å². The Hall–Kier alpha value is -0.570. The lowest BCUT2D eigenvalue weighted by Gasteiger charge is -2.37. The molecule has 1 saturated heterocycles. The van der Waals surface area contributed by atoms with E-state index in [0.717, 1.165) is 25.3 Å². The maximum absolute atomic E-state index is 11.9. The SMILES string of the molecule is CC1CCN(C(=O)C(C)CN)C(C)C1. The minimum absolute atomic E-state index is 0.0224. The standard InChI is InChI=1S/C11H22N2O/c1-8-4-5-13(10(3)6-8)11(14)9(2)7-12/h8-10H,4-7,12H2,1-3H3. The molecule has 0 aromatic heterocycles. The highest BCUT2D eigenvalue weighted by atomic mass is 16.2. The monoisotopic (exact) mass is 198 g/mol. The summed E-state index contributed by atoms with van der Waals surface area (Å²) in [6.07, 6.45) is 2.26. The van der Waals surface area contributed by atoms with Gasteiger partial charge in [0.15, 0.2) is 0 Å². The molecule has 3 atom stereocenters. The second-order valence-electron chi connectivity index (χ2n) is 4.65. The fourth-order valence-corrected chi connectivity index (χ4v) is 2.12. The number of hydrogen-bond acceptors (Lipinski definition) is 2. The Kier molecular flexibility index (Phi) is 3.93. The highest BCUT2D eigenvalue weighted by Crippen LogP contribution is 2.23. The van der Waals surface area contributed by atoms with E-state index in [1.807, 2.05) is 11.8 Å². The Morgan fingerprint density at radius 2 is 2.21 bits per heavy atom. The zero-order valence-corrected chi connectivity index (χ0v) is 9.49. The fourth-order valence-electron chi connectivity index (χ4n) is 2.12. The van der Waals surface area contributed by atoms with Crippen LogP contribution in [0.3, 0.4) is 0 Å². The number of hydrogen-bond donors (Lipinski definition) is 1. The van der Waals surface area contributed by atoms with Crippen LogP contribution in [0.2, 0.25) is 0 Å². The third-order valence-corrected chi connectivity index (χ3v) is 3.20. The van der Waals surface area contributed by atoms with Crippen LogP contribution in [-0.4, -0.2) is 29.9 Å². The number of piperidine rings is 1. The van der Waals surface area contributed by atoms with Crippen molar-refractivity contribution in [3.8, 4) is 0 Å². The first-order chi connectivity index (χ1) is 6.56. The summed E-state index contributed by atoms with van der Waals surface area (Å²) in [5, 5.41) is 0. The second kappa shape index (κ2) is 4.78. The first-order valence-corrected chi connectivity index (χ1v) is 5.56. The van der Waals surface area contributed by atoms with Crippen LogP contribution in [0.1, 0.15) is 33.6 Å². The third-order valence-electron chi connectivity index (χ3n) is 3.20. The van der Waals surface area contributed by atoms with Gasteiger partial charge in [0.25, 0.3) is 0 Å². The fraction of sp³-hybridized carbons (Fsp3) is 0.909. The summed E-state index contributed by atoms with van der Waals surface area (Å²) in [4.78, 5) is 13.9. The zero-order chi connectivity index (χ0) is 10.7. The van der Waals surface area contributed by atoms with Crippen molar-refractivity contribution in [1.29, 1.82) is 0 Å². The van der Waals surface area contributed by atoms with Gasteiger partial charge in [-0.15, -0.1) is 0 Å². The number of likely N-dealkylation sites (tertiary alicyclic amines) is 1. The normalized spacial score (nSPS) is 30.1. The largest absolute Gasteiger partial charge is 0.340 e. The van der Waals surface area contributed by atoms with Crippen molar-refractivity contribution in [2.45, 2.75) is 39.7 Å². The van der Waals surface area contributed by atoms with Crippen LogP contribution in [0.15, 0.2) is 0 Å². The first kappa shape index (κ1) is 11.5. The van der Waals surface area contributed by atoms with Crippen LogP contribution in [0, 0.1) is 11.8 Å². The van der Waals surface area contributed by atoms with Gasteiger partial charge in [-0.1, -0.05) is 13.8 Å². The van der Waals surface area contributed by atoms with Gasteiger partial charge in [-0.25, -0.2) is 0 Å². The van der Waals surface area contributed by atoms with Gasteiger partial charge in [0.1, 0.15) is 0 Å². The molecule has 1 aliphatic heterocycles. The van der Waals surface area contributed by atoms with Crippen LogP contribution in [0.25, 0.3) is 0 Å². The molecule has 1 fully saturated rings. The molecule has 0 saturated carbocycles. The molecule has 3 unspecified atom stereocenters. The van der Waals surface area contributed by atoms with Gasteiger partial charge in [0.2, 0.25) is 5.91 Å². The number of nitrogens with two attached hydrogens (primary N) is 1. The van der Waals surface area contributed by atoms with Gasteiger partial charge in [0.05, 0.1) is 0 Å². The molecule has 14 heavy (non-hydrogen) atoms. The van der Waals surface area contributed by atoms with E-state index in [0.29, 0.717) is 12.6 Å². The van der Waals surface area contributed by atoms with Crippen LogP contribution in [-0.2, 0) is 4.79 Å². The van der Waals surface area contributed by atoms with Crippen molar-refractivity contribution >= 4 is 5.91 Å². The number of nitrogens with zero attached hydrogens (tertiary/aromatic N) is 1. The Labute approximate surface area is 86.6 Å². The van der Waals surface area contributed by atoms with Gasteiger partial charge in [0, 0.05) is 25.0 Å². The molecular weight excluding hydrogens is 176 g/mol. The molecule has 0 radical (unpaired) electrons. The van der Waals surface area contributed by atoms with Crippen molar-refractivity contribution in [2.75, 3.05) is 13.1 Å². The average Bonchev–Trinajstić information content (AvgIpc) is 2.15. The quantitative estimate of drug-likeness (QED) is 0.725. The second-order valence-corrected chi connectivity index (χ2v) is 4.65. The molecule has 1 amide bonds. The Morgan fingerprint density at radius 3 is 2.71 bits per heavy atom. The van der Waals surface area contributed by atoms with Crippen molar-refractivity contribution in [3.05, 3.63) is 0 Å². The van der Waals surface area contributed by atoms with Gasteiger partial charge >= 0.3 is 0 Å². The number of carbonyl (C=O) groups is 1. The molecule has 0 aliphatic carbocycles. The average molecular weight is 198 g/mol. The summed E-state index contributed by atoms with van der Waals surface area (Å²) >= 11 is 0. The summed E-state index contributed by atoms with van der Waals surface area (Å²) in [7, 11) is 0. The minimum Gasteiger partial charge on any atom is -0.340 e. The van der Waals surface area contributed by atoms with Crippen molar-refractivity contribution in [2.24, 2.45) is 17.6 Å². The highest BCUT2D eigenvalue weighted by molar-refractivity contribution is 5.79. The van der Waals surface area contributed by atoms with Crippen LogP contribution in [0.4, 0.5) is 0 Å².